The average molecular weight is 406 g/mol. The number of benzene rings is 1. The largest absolute Gasteiger partial charge is 0.481 e. The SMILES string of the molecule is COc1cc(C(=O)Nc2ccc(Nc3cc(N4CCOCC4)cnn3)cc2)ccn1. The monoisotopic (exact) mass is 406 g/mol. The van der Waals surface area contributed by atoms with Gasteiger partial charge in [-0.2, -0.15) is 5.10 Å². The van der Waals surface area contributed by atoms with Crippen LogP contribution in [0, 0.1) is 0 Å². The number of hydrogen-bond acceptors (Lipinski definition) is 8. The van der Waals surface area contributed by atoms with E-state index in [4.69, 9.17) is 9.47 Å². The Kier molecular flexibility index (Phi) is 6.00. The van der Waals surface area contributed by atoms with Gasteiger partial charge in [-0.15, -0.1) is 5.10 Å². The highest BCUT2D eigenvalue weighted by Crippen LogP contribution is 2.22. The fourth-order valence-corrected chi connectivity index (χ4v) is 3.06. The molecule has 154 valence electrons. The standard InChI is InChI=1S/C21H22N6O3/c1-29-20-12-15(6-7-22-20)21(28)25-17-4-2-16(3-5-17)24-19-13-18(14-23-26-19)27-8-10-30-11-9-27/h2-7,12-14H,8-11H2,1H3,(H,24,26)(H,25,28). The first kappa shape index (κ1) is 19.6. The van der Waals surface area contributed by atoms with E-state index in [1.165, 1.54) is 13.3 Å². The Bertz CT molecular complexity index is 1010. The third-order valence-corrected chi connectivity index (χ3v) is 4.64. The first-order valence-electron chi connectivity index (χ1n) is 9.55. The van der Waals surface area contributed by atoms with Crippen molar-refractivity contribution in [3.8, 4) is 5.88 Å². The summed E-state index contributed by atoms with van der Waals surface area (Å²) in [6.07, 6.45) is 3.29. The van der Waals surface area contributed by atoms with Gasteiger partial charge in [0, 0.05) is 48.4 Å². The predicted molar refractivity (Wildman–Crippen MR) is 114 cm³/mol. The molecule has 0 saturated carbocycles. The van der Waals surface area contributed by atoms with Gasteiger partial charge < -0.3 is 25.0 Å². The molecule has 0 unspecified atom stereocenters. The number of carbonyl (C=O) groups is 1. The van der Waals surface area contributed by atoms with Crippen LogP contribution in [0.25, 0.3) is 0 Å². The summed E-state index contributed by atoms with van der Waals surface area (Å²) in [6, 6.07) is 12.6. The molecule has 30 heavy (non-hydrogen) atoms. The zero-order valence-electron chi connectivity index (χ0n) is 16.5. The second-order valence-corrected chi connectivity index (χ2v) is 6.64. The zero-order chi connectivity index (χ0) is 20.8. The van der Waals surface area contributed by atoms with E-state index in [0.29, 0.717) is 36.2 Å². The molecule has 9 heteroatoms. The van der Waals surface area contributed by atoms with Crippen LogP contribution in [0.3, 0.4) is 0 Å². The lowest BCUT2D eigenvalue weighted by atomic mass is 10.2. The Balaban J connectivity index is 1.39. The molecule has 1 aliphatic heterocycles. The maximum atomic E-state index is 12.4. The Morgan fingerprint density at radius 3 is 2.63 bits per heavy atom. The summed E-state index contributed by atoms with van der Waals surface area (Å²) in [5, 5.41) is 14.3. The lowest BCUT2D eigenvalue weighted by molar-refractivity contribution is 0.102. The van der Waals surface area contributed by atoms with Crippen LogP contribution < -0.4 is 20.3 Å². The number of nitrogens with one attached hydrogen (secondary N) is 2. The van der Waals surface area contributed by atoms with Crippen molar-refractivity contribution in [3.63, 3.8) is 0 Å². The maximum Gasteiger partial charge on any atom is 0.255 e. The highest BCUT2D eigenvalue weighted by atomic mass is 16.5. The van der Waals surface area contributed by atoms with Gasteiger partial charge in [-0.3, -0.25) is 4.79 Å². The van der Waals surface area contributed by atoms with Crippen LogP contribution in [-0.4, -0.2) is 54.5 Å². The molecule has 1 aromatic carbocycles. The number of hydrogen-bond donors (Lipinski definition) is 2. The Hall–Kier alpha value is -3.72. The molecule has 2 N–H and O–H groups in total. The molecule has 1 fully saturated rings. The van der Waals surface area contributed by atoms with Gasteiger partial charge >= 0.3 is 0 Å². The molecule has 3 heterocycles. The molecule has 2 aromatic heterocycles. The highest BCUT2D eigenvalue weighted by molar-refractivity contribution is 6.04. The molecule has 0 atom stereocenters. The van der Waals surface area contributed by atoms with Crippen LogP contribution in [0.15, 0.2) is 54.9 Å². The van der Waals surface area contributed by atoms with Gasteiger partial charge in [-0.1, -0.05) is 0 Å². The van der Waals surface area contributed by atoms with E-state index in [2.05, 4.69) is 30.7 Å². The summed E-state index contributed by atoms with van der Waals surface area (Å²) in [6.45, 7) is 3.10. The summed E-state index contributed by atoms with van der Waals surface area (Å²) in [5.41, 5.74) is 2.99. The molecular weight excluding hydrogens is 384 g/mol. The predicted octanol–water partition coefficient (Wildman–Crippen LogP) is 2.71. The van der Waals surface area contributed by atoms with Crippen molar-refractivity contribution in [3.05, 3.63) is 60.4 Å². The number of rotatable bonds is 6. The fourth-order valence-electron chi connectivity index (χ4n) is 3.06. The van der Waals surface area contributed by atoms with E-state index in [9.17, 15) is 4.79 Å². The van der Waals surface area contributed by atoms with Crippen molar-refractivity contribution in [1.29, 1.82) is 0 Å². The van der Waals surface area contributed by atoms with E-state index in [-0.39, 0.29) is 5.91 Å². The third kappa shape index (κ3) is 4.81. The molecule has 0 bridgehead atoms. The number of morpholine rings is 1. The molecule has 1 amide bonds. The second-order valence-electron chi connectivity index (χ2n) is 6.64. The van der Waals surface area contributed by atoms with Gasteiger partial charge in [0.25, 0.3) is 5.91 Å². The molecule has 4 rings (SSSR count). The Labute approximate surface area is 174 Å². The Morgan fingerprint density at radius 1 is 1.10 bits per heavy atom. The molecule has 3 aromatic rings. The van der Waals surface area contributed by atoms with Crippen LogP contribution in [0.1, 0.15) is 10.4 Å². The van der Waals surface area contributed by atoms with Crippen LogP contribution in [0.4, 0.5) is 22.9 Å². The zero-order valence-corrected chi connectivity index (χ0v) is 16.5. The second kappa shape index (κ2) is 9.19. The highest BCUT2D eigenvalue weighted by Gasteiger charge is 2.12. The molecule has 1 aliphatic rings. The van der Waals surface area contributed by atoms with E-state index in [0.717, 1.165) is 24.5 Å². The van der Waals surface area contributed by atoms with Crippen LogP contribution >= 0.6 is 0 Å². The number of nitrogens with zero attached hydrogens (tertiary/aromatic N) is 4. The lowest BCUT2D eigenvalue weighted by Gasteiger charge is -2.28. The average Bonchev–Trinajstić information content (AvgIpc) is 2.81. The number of aromatic nitrogens is 3. The van der Waals surface area contributed by atoms with Gasteiger partial charge in [-0.25, -0.2) is 4.98 Å². The minimum Gasteiger partial charge on any atom is -0.481 e. The number of methoxy groups -OCH3 is 1. The number of ether oxygens (including phenoxy) is 2. The number of carbonyl (C=O) groups excluding carboxylic acids is 1. The summed E-state index contributed by atoms with van der Waals surface area (Å²) in [5.74, 6) is 0.808. The molecule has 0 aliphatic carbocycles. The van der Waals surface area contributed by atoms with Crippen molar-refractivity contribution in [2.45, 2.75) is 0 Å². The van der Waals surface area contributed by atoms with Crippen LogP contribution in [0.2, 0.25) is 0 Å². The summed E-state index contributed by atoms with van der Waals surface area (Å²) >= 11 is 0. The van der Waals surface area contributed by atoms with E-state index < -0.39 is 0 Å². The van der Waals surface area contributed by atoms with Crippen molar-refractivity contribution in [2.24, 2.45) is 0 Å². The topological polar surface area (TPSA) is 102 Å². The number of pyridine rings is 1. The number of amides is 1. The lowest BCUT2D eigenvalue weighted by Crippen LogP contribution is -2.36. The van der Waals surface area contributed by atoms with E-state index in [1.54, 1.807) is 18.3 Å². The third-order valence-electron chi connectivity index (χ3n) is 4.64. The van der Waals surface area contributed by atoms with Gasteiger partial charge in [0.05, 0.1) is 32.2 Å². The van der Waals surface area contributed by atoms with Crippen molar-refractivity contribution < 1.29 is 14.3 Å². The van der Waals surface area contributed by atoms with Crippen LogP contribution in [-0.2, 0) is 4.74 Å². The fraction of sp³-hybridized carbons (Fsp3) is 0.238. The maximum absolute atomic E-state index is 12.4. The van der Waals surface area contributed by atoms with E-state index >= 15 is 0 Å². The summed E-state index contributed by atoms with van der Waals surface area (Å²) in [7, 11) is 1.51. The quantitative estimate of drug-likeness (QED) is 0.644. The first-order chi connectivity index (χ1) is 14.7. The minimum atomic E-state index is -0.236. The molecule has 1 saturated heterocycles. The van der Waals surface area contributed by atoms with Crippen molar-refractivity contribution >= 4 is 28.8 Å². The summed E-state index contributed by atoms with van der Waals surface area (Å²) < 4.78 is 10.4. The van der Waals surface area contributed by atoms with Gasteiger partial charge in [0.2, 0.25) is 5.88 Å². The van der Waals surface area contributed by atoms with E-state index in [1.807, 2.05) is 30.3 Å². The molecule has 9 nitrogen and oxygen atoms in total. The molecular formula is C21H22N6O3. The first-order valence-corrected chi connectivity index (χ1v) is 9.55. The van der Waals surface area contributed by atoms with Crippen molar-refractivity contribution in [1.82, 2.24) is 15.2 Å². The smallest absolute Gasteiger partial charge is 0.255 e. The normalized spacial score (nSPS) is 13.6. The number of anilines is 4. The Morgan fingerprint density at radius 2 is 1.87 bits per heavy atom. The minimum absolute atomic E-state index is 0.236. The van der Waals surface area contributed by atoms with Gasteiger partial charge in [-0.05, 0) is 30.3 Å². The van der Waals surface area contributed by atoms with Crippen molar-refractivity contribution in [2.75, 3.05) is 48.9 Å². The van der Waals surface area contributed by atoms with Gasteiger partial charge in [0.15, 0.2) is 5.82 Å². The molecule has 0 spiro atoms. The summed E-state index contributed by atoms with van der Waals surface area (Å²) in [4.78, 5) is 18.6. The van der Waals surface area contributed by atoms with Crippen LogP contribution in [0.5, 0.6) is 5.88 Å². The van der Waals surface area contributed by atoms with Gasteiger partial charge in [0.1, 0.15) is 0 Å². The molecule has 0 radical (unpaired) electrons.